The molecule has 0 aromatic heterocycles. The maximum absolute atomic E-state index is 12.6. The van der Waals surface area contributed by atoms with Crippen molar-refractivity contribution < 1.29 is 19.1 Å². The van der Waals surface area contributed by atoms with E-state index in [9.17, 15) is 14.4 Å². The summed E-state index contributed by atoms with van der Waals surface area (Å²) in [6.07, 6.45) is 7.22. The predicted molar refractivity (Wildman–Crippen MR) is 87.7 cm³/mol. The summed E-state index contributed by atoms with van der Waals surface area (Å²) in [7, 11) is 0. The molecule has 2 bridgehead atoms. The zero-order valence-electron chi connectivity index (χ0n) is 14.6. The van der Waals surface area contributed by atoms with Crippen LogP contribution in [0.15, 0.2) is 12.2 Å². The van der Waals surface area contributed by atoms with E-state index in [4.69, 9.17) is 4.74 Å². The van der Waals surface area contributed by atoms with Gasteiger partial charge in [-0.3, -0.25) is 9.59 Å². The van der Waals surface area contributed by atoms with Gasteiger partial charge in [0.15, 0.2) is 0 Å². The molecular weight excluding hydrogens is 304 g/mol. The Labute approximate surface area is 143 Å². The van der Waals surface area contributed by atoms with Crippen LogP contribution in [0.4, 0.5) is 0 Å². The Morgan fingerprint density at radius 3 is 2.67 bits per heavy atom. The first kappa shape index (κ1) is 16.0. The van der Waals surface area contributed by atoms with Gasteiger partial charge >= 0.3 is 11.9 Å². The summed E-state index contributed by atoms with van der Waals surface area (Å²) in [5.74, 6) is -0.584. The molecule has 1 unspecified atom stereocenters. The predicted octanol–water partition coefficient (Wildman–Crippen LogP) is 3.44. The standard InChI is InChI=1S/C20H26O4/c1-12-9-20(11-21)10-13(12)5-6-14(20)18(2)7-4-8-19(3)15(18)16(22)24-17(19)23/h11,13-15H,1,4-10H2,2-3H3/t13-,14?,15+,18+,19-,20-/m1/s1. The highest BCUT2D eigenvalue weighted by atomic mass is 16.6. The maximum Gasteiger partial charge on any atom is 0.320 e. The second kappa shape index (κ2) is 4.80. The summed E-state index contributed by atoms with van der Waals surface area (Å²) in [6, 6.07) is 0. The Hall–Kier alpha value is -1.45. The molecule has 4 fully saturated rings. The summed E-state index contributed by atoms with van der Waals surface area (Å²) in [5, 5.41) is 0. The molecule has 0 spiro atoms. The summed E-state index contributed by atoms with van der Waals surface area (Å²) < 4.78 is 5.08. The number of rotatable bonds is 2. The highest BCUT2D eigenvalue weighted by Gasteiger charge is 2.68. The van der Waals surface area contributed by atoms with Crippen molar-refractivity contribution in [1.29, 1.82) is 0 Å². The van der Waals surface area contributed by atoms with Gasteiger partial charge in [-0.15, -0.1) is 0 Å². The third kappa shape index (κ3) is 1.77. The molecular formula is C20H26O4. The van der Waals surface area contributed by atoms with E-state index in [2.05, 4.69) is 13.5 Å². The van der Waals surface area contributed by atoms with Crippen LogP contribution in [0.25, 0.3) is 0 Å². The Morgan fingerprint density at radius 2 is 1.96 bits per heavy atom. The average Bonchev–Trinajstić information content (AvgIpc) is 2.91. The van der Waals surface area contributed by atoms with Crippen molar-refractivity contribution in [3.63, 3.8) is 0 Å². The van der Waals surface area contributed by atoms with Gasteiger partial charge in [0.05, 0.1) is 11.3 Å². The van der Waals surface area contributed by atoms with Crippen molar-refractivity contribution in [2.24, 2.45) is 34.0 Å². The van der Waals surface area contributed by atoms with Crippen LogP contribution in [0.1, 0.15) is 58.8 Å². The van der Waals surface area contributed by atoms with Crippen LogP contribution < -0.4 is 0 Å². The quantitative estimate of drug-likeness (QED) is 0.337. The van der Waals surface area contributed by atoms with Crippen LogP contribution in [0.2, 0.25) is 0 Å². The number of ether oxygens (including phenoxy) is 1. The molecule has 24 heavy (non-hydrogen) atoms. The lowest BCUT2D eigenvalue weighted by Gasteiger charge is -2.54. The number of aldehydes is 1. The summed E-state index contributed by atoms with van der Waals surface area (Å²) >= 11 is 0. The van der Waals surface area contributed by atoms with Gasteiger partial charge in [0.2, 0.25) is 0 Å². The van der Waals surface area contributed by atoms with E-state index in [0.717, 1.165) is 44.8 Å². The Balaban J connectivity index is 1.79. The number of carbonyl (C=O) groups is 3. The number of cyclic esters (lactones) is 2. The third-order valence-electron chi connectivity index (χ3n) is 7.89. The average molecular weight is 330 g/mol. The lowest BCUT2D eigenvalue weighted by atomic mass is 9.46. The van der Waals surface area contributed by atoms with Crippen LogP contribution in [-0.2, 0) is 19.1 Å². The van der Waals surface area contributed by atoms with Gasteiger partial charge < -0.3 is 9.53 Å². The third-order valence-corrected chi connectivity index (χ3v) is 7.89. The van der Waals surface area contributed by atoms with Gasteiger partial charge in [0.1, 0.15) is 6.29 Å². The van der Waals surface area contributed by atoms with Crippen molar-refractivity contribution in [2.45, 2.75) is 58.8 Å². The summed E-state index contributed by atoms with van der Waals surface area (Å²) in [5.41, 5.74) is -0.288. The lowest BCUT2D eigenvalue weighted by Crippen LogP contribution is -2.54. The topological polar surface area (TPSA) is 60.4 Å². The molecule has 3 aliphatic carbocycles. The van der Waals surface area contributed by atoms with E-state index in [-0.39, 0.29) is 23.3 Å². The molecule has 0 N–H and O–H groups in total. The fraction of sp³-hybridized carbons (Fsp3) is 0.750. The lowest BCUT2D eigenvalue weighted by molar-refractivity contribution is -0.156. The molecule has 130 valence electrons. The largest absolute Gasteiger partial charge is 0.392 e. The van der Waals surface area contributed by atoms with Crippen molar-refractivity contribution in [3.8, 4) is 0 Å². The van der Waals surface area contributed by atoms with Crippen molar-refractivity contribution in [3.05, 3.63) is 12.2 Å². The number of hydrogen-bond acceptors (Lipinski definition) is 4. The van der Waals surface area contributed by atoms with Crippen molar-refractivity contribution >= 4 is 18.2 Å². The SMILES string of the molecule is C=C1C[C@]2(C=O)C[C@H]1CCC2[C@]1(C)CCC[C@@]2(C)C(=O)OC(=O)[C@H]21. The molecule has 3 saturated carbocycles. The van der Waals surface area contributed by atoms with E-state index >= 15 is 0 Å². The smallest absolute Gasteiger partial charge is 0.320 e. The van der Waals surface area contributed by atoms with Crippen LogP contribution in [0.3, 0.4) is 0 Å². The molecule has 4 nitrogen and oxygen atoms in total. The van der Waals surface area contributed by atoms with Crippen LogP contribution in [0, 0.1) is 34.0 Å². The van der Waals surface area contributed by atoms with Gasteiger partial charge in [-0.05, 0) is 62.7 Å². The van der Waals surface area contributed by atoms with E-state index in [1.165, 1.54) is 5.57 Å². The van der Waals surface area contributed by atoms with Gasteiger partial charge in [-0.1, -0.05) is 25.5 Å². The number of carbonyl (C=O) groups excluding carboxylic acids is 3. The first-order valence-electron chi connectivity index (χ1n) is 9.17. The number of allylic oxidation sites excluding steroid dienone is 1. The number of fused-ring (bicyclic) bond motifs is 3. The molecule has 0 aromatic rings. The monoisotopic (exact) mass is 330 g/mol. The first-order valence-corrected chi connectivity index (χ1v) is 9.17. The molecule has 1 saturated heterocycles. The molecule has 0 radical (unpaired) electrons. The molecule has 4 heteroatoms. The Bertz CT molecular complexity index is 652. The minimum absolute atomic E-state index is 0.126. The molecule has 1 aliphatic heterocycles. The van der Waals surface area contributed by atoms with E-state index < -0.39 is 16.7 Å². The van der Waals surface area contributed by atoms with Crippen LogP contribution in [-0.4, -0.2) is 18.2 Å². The fourth-order valence-electron chi connectivity index (χ4n) is 6.87. The second-order valence-electron chi connectivity index (χ2n) is 9.14. The fourth-order valence-corrected chi connectivity index (χ4v) is 6.87. The van der Waals surface area contributed by atoms with Crippen molar-refractivity contribution in [2.75, 3.05) is 0 Å². The van der Waals surface area contributed by atoms with E-state index in [1.54, 1.807) is 0 Å². The Morgan fingerprint density at radius 1 is 1.21 bits per heavy atom. The maximum atomic E-state index is 12.6. The van der Waals surface area contributed by atoms with E-state index in [0.29, 0.717) is 12.3 Å². The van der Waals surface area contributed by atoms with Crippen molar-refractivity contribution in [1.82, 2.24) is 0 Å². The second-order valence-corrected chi connectivity index (χ2v) is 9.14. The number of esters is 2. The molecule has 4 aliphatic rings. The number of hydrogen-bond donors (Lipinski definition) is 0. The minimum atomic E-state index is -0.722. The summed E-state index contributed by atoms with van der Waals surface area (Å²) in [4.78, 5) is 37.1. The molecule has 0 amide bonds. The highest BCUT2D eigenvalue weighted by Crippen LogP contribution is 2.67. The molecule has 6 atom stereocenters. The minimum Gasteiger partial charge on any atom is -0.392 e. The first-order chi connectivity index (χ1) is 11.3. The zero-order valence-corrected chi connectivity index (χ0v) is 14.6. The van der Waals surface area contributed by atoms with Crippen LogP contribution in [0.5, 0.6) is 0 Å². The highest BCUT2D eigenvalue weighted by molar-refractivity contribution is 5.99. The van der Waals surface area contributed by atoms with Gasteiger partial charge in [0, 0.05) is 5.41 Å². The molecule has 1 heterocycles. The normalized spacial score (nSPS) is 50.6. The van der Waals surface area contributed by atoms with Gasteiger partial charge in [-0.25, -0.2) is 0 Å². The van der Waals surface area contributed by atoms with Crippen LogP contribution >= 0.6 is 0 Å². The molecule has 0 aromatic carbocycles. The Kier molecular flexibility index (Phi) is 3.21. The molecule has 4 rings (SSSR count). The van der Waals surface area contributed by atoms with E-state index in [1.807, 2.05) is 6.92 Å². The van der Waals surface area contributed by atoms with Gasteiger partial charge in [0.25, 0.3) is 0 Å². The van der Waals surface area contributed by atoms with Gasteiger partial charge in [-0.2, -0.15) is 0 Å². The zero-order chi connectivity index (χ0) is 17.3. The summed E-state index contributed by atoms with van der Waals surface area (Å²) in [6.45, 7) is 8.21.